The van der Waals surface area contributed by atoms with Gasteiger partial charge in [-0.25, -0.2) is 9.80 Å². The minimum Gasteiger partial charge on any atom is -0.444 e. The van der Waals surface area contributed by atoms with E-state index in [0.717, 1.165) is 69.8 Å². The molecule has 0 N–H and O–H groups in total. The molecule has 0 radical (unpaired) electrons. The molecule has 9 heteroatoms. The molecule has 0 bridgehead atoms. The summed E-state index contributed by atoms with van der Waals surface area (Å²) in [5.74, 6) is 2.02. The van der Waals surface area contributed by atoms with Gasteiger partial charge in [0.15, 0.2) is 0 Å². The second-order valence-electron chi connectivity index (χ2n) is 10.5. The maximum Gasteiger partial charge on any atom is 0.410 e. The largest absolute Gasteiger partial charge is 0.444 e. The van der Waals surface area contributed by atoms with Crippen molar-refractivity contribution in [3.63, 3.8) is 0 Å². The molecule has 2 aliphatic rings. The number of carbonyl (C=O) groups is 1. The number of amides is 1. The molecule has 33 heavy (non-hydrogen) atoms. The van der Waals surface area contributed by atoms with Gasteiger partial charge in [-0.2, -0.15) is 10.1 Å². The Bertz CT molecular complexity index is 839. The second-order valence-corrected chi connectivity index (χ2v) is 10.5. The highest BCUT2D eigenvalue weighted by Crippen LogP contribution is 2.30. The van der Waals surface area contributed by atoms with E-state index in [1.54, 1.807) is 5.01 Å². The van der Waals surface area contributed by atoms with Crippen molar-refractivity contribution in [3.8, 4) is 0 Å². The molecule has 1 aromatic rings. The third kappa shape index (κ3) is 7.28. The Hall–Kier alpha value is -2.42. The van der Waals surface area contributed by atoms with Crippen molar-refractivity contribution in [1.82, 2.24) is 19.9 Å². The zero-order valence-electron chi connectivity index (χ0n) is 21.1. The van der Waals surface area contributed by atoms with E-state index < -0.39 is 5.60 Å². The molecule has 1 amide bonds. The number of piperidine rings is 2. The minimum absolute atomic E-state index is 0.189. The van der Waals surface area contributed by atoms with E-state index in [2.05, 4.69) is 26.7 Å². The van der Waals surface area contributed by atoms with Crippen molar-refractivity contribution in [2.75, 3.05) is 37.7 Å². The van der Waals surface area contributed by atoms with Gasteiger partial charge in [0.2, 0.25) is 5.89 Å². The molecule has 0 unspecified atom stereocenters. The number of hydrazone groups is 1. The van der Waals surface area contributed by atoms with Gasteiger partial charge in [-0.15, -0.1) is 0 Å². The van der Waals surface area contributed by atoms with Gasteiger partial charge >= 0.3 is 6.09 Å². The zero-order chi connectivity index (χ0) is 24.2. The quantitative estimate of drug-likeness (QED) is 0.452. The van der Waals surface area contributed by atoms with Crippen LogP contribution in [0.25, 0.3) is 0 Å². The van der Waals surface area contributed by atoms with Gasteiger partial charge in [0, 0.05) is 37.0 Å². The summed E-state index contributed by atoms with van der Waals surface area (Å²) in [4.78, 5) is 21.3. The summed E-state index contributed by atoms with van der Waals surface area (Å²) in [6.45, 7) is 20.1. The van der Waals surface area contributed by atoms with E-state index in [9.17, 15) is 4.79 Å². The van der Waals surface area contributed by atoms with Crippen LogP contribution in [-0.2, 0) is 4.74 Å². The van der Waals surface area contributed by atoms with Crippen molar-refractivity contribution in [2.45, 2.75) is 78.7 Å². The SMILES string of the molecule is C=C(C)N(N=C(C)C)c1noc(C2CCN(CC3CCN(C(=O)OC(C)(C)C)CC3)CC2)n1. The maximum absolute atomic E-state index is 12.3. The van der Waals surface area contributed by atoms with Crippen LogP contribution in [0.5, 0.6) is 0 Å². The van der Waals surface area contributed by atoms with E-state index in [1.807, 2.05) is 46.4 Å². The highest BCUT2D eigenvalue weighted by molar-refractivity contribution is 5.80. The van der Waals surface area contributed by atoms with Crippen LogP contribution < -0.4 is 5.01 Å². The van der Waals surface area contributed by atoms with Crippen LogP contribution >= 0.6 is 0 Å². The van der Waals surface area contributed by atoms with Crippen molar-refractivity contribution in [2.24, 2.45) is 11.0 Å². The van der Waals surface area contributed by atoms with Crippen LogP contribution in [0.3, 0.4) is 0 Å². The summed E-state index contributed by atoms with van der Waals surface area (Å²) < 4.78 is 11.1. The van der Waals surface area contributed by atoms with Gasteiger partial charge in [0.05, 0.1) is 0 Å². The van der Waals surface area contributed by atoms with Crippen LogP contribution in [0.15, 0.2) is 21.9 Å². The topological polar surface area (TPSA) is 87.3 Å². The number of hydrogen-bond acceptors (Lipinski definition) is 8. The first-order chi connectivity index (χ1) is 15.5. The Kier molecular flexibility index (Phi) is 8.15. The van der Waals surface area contributed by atoms with Crippen molar-refractivity contribution in [1.29, 1.82) is 0 Å². The molecule has 2 fully saturated rings. The first-order valence-electron chi connectivity index (χ1n) is 12.0. The summed E-state index contributed by atoms with van der Waals surface area (Å²) >= 11 is 0. The van der Waals surface area contributed by atoms with Crippen LogP contribution in [0.4, 0.5) is 10.7 Å². The van der Waals surface area contributed by atoms with Crippen molar-refractivity contribution >= 4 is 17.8 Å². The number of ether oxygens (including phenoxy) is 1. The smallest absolute Gasteiger partial charge is 0.410 e. The number of aromatic nitrogens is 2. The van der Waals surface area contributed by atoms with Crippen molar-refractivity contribution < 1.29 is 14.1 Å². The zero-order valence-corrected chi connectivity index (χ0v) is 21.1. The van der Waals surface area contributed by atoms with Crippen LogP contribution in [0, 0.1) is 5.92 Å². The third-order valence-corrected chi connectivity index (χ3v) is 6.00. The minimum atomic E-state index is -0.442. The molecule has 3 rings (SSSR count). The van der Waals surface area contributed by atoms with Gasteiger partial charge in [-0.3, -0.25) is 0 Å². The summed E-state index contributed by atoms with van der Waals surface area (Å²) in [7, 11) is 0. The molecule has 184 valence electrons. The molecule has 3 heterocycles. The average Bonchev–Trinajstić information content (AvgIpc) is 3.21. The normalized spacial score (nSPS) is 18.8. The van der Waals surface area contributed by atoms with Crippen LogP contribution in [0.1, 0.15) is 79.0 Å². The Morgan fingerprint density at radius 3 is 2.33 bits per heavy atom. The molecular formula is C24H40N6O3. The van der Waals surface area contributed by atoms with E-state index in [-0.39, 0.29) is 12.0 Å². The van der Waals surface area contributed by atoms with E-state index in [4.69, 9.17) is 9.26 Å². The monoisotopic (exact) mass is 460 g/mol. The Labute approximate surface area is 197 Å². The molecule has 0 spiro atoms. The van der Waals surface area contributed by atoms with Crippen molar-refractivity contribution in [3.05, 3.63) is 18.2 Å². The lowest BCUT2D eigenvalue weighted by Crippen LogP contribution is -2.44. The Morgan fingerprint density at radius 1 is 1.15 bits per heavy atom. The summed E-state index contributed by atoms with van der Waals surface area (Å²) in [6, 6.07) is 0. The number of hydrogen-bond donors (Lipinski definition) is 0. The van der Waals surface area contributed by atoms with E-state index >= 15 is 0 Å². The predicted octanol–water partition coefficient (Wildman–Crippen LogP) is 4.63. The number of nitrogens with zero attached hydrogens (tertiary/aromatic N) is 6. The Morgan fingerprint density at radius 2 is 1.79 bits per heavy atom. The van der Waals surface area contributed by atoms with Gasteiger partial charge in [-0.05, 0) is 91.4 Å². The Balaban J connectivity index is 1.45. The number of likely N-dealkylation sites (tertiary alicyclic amines) is 2. The number of rotatable bonds is 6. The lowest BCUT2D eigenvalue weighted by atomic mass is 9.93. The fourth-order valence-corrected chi connectivity index (χ4v) is 4.33. The summed E-state index contributed by atoms with van der Waals surface area (Å²) in [5.41, 5.74) is 1.20. The summed E-state index contributed by atoms with van der Waals surface area (Å²) in [6.07, 6.45) is 3.87. The van der Waals surface area contributed by atoms with Gasteiger partial charge in [0.1, 0.15) is 5.60 Å². The molecule has 0 atom stereocenters. The molecule has 2 saturated heterocycles. The van der Waals surface area contributed by atoms with Crippen LogP contribution in [0.2, 0.25) is 0 Å². The number of anilines is 1. The third-order valence-electron chi connectivity index (χ3n) is 6.00. The molecule has 0 saturated carbocycles. The molecule has 1 aromatic heterocycles. The molecule has 9 nitrogen and oxygen atoms in total. The number of carbonyl (C=O) groups excluding carboxylic acids is 1. The van der Waals surface area contributed by atoms with Crippen LogP contribution in [-0.4, -0.2) is 70.1 Å². The lowest BCUT2D eigenvalue weighted by molar-refractivity contribution is 0.0165. The highest BCUT2D eigenvalue weighted by atomic mass is 16.6. The van der Waals surface area contributed by atoms with Gasteiger partial charge in [-0.1, -0.05) is 6.58 Å². The average molecular weight is 461 g/mol. The number of allylic oxidation sites excluding steroid dienone is 1. The van der Waals surface area contributed by atoms with Gasteiger partial charge in [0.25, 0.3) is 5.95 Å². The fraction of sp³-hybridized carbons (Fsp3) is 0.750. The maximum atomic E-state index is 12.3. The molecular weight excluding hydrogens is 420 g/mol. The first kappa shape index (κ1) is 25.2. The first-order valence-corrected chi connectivity index (χ1v) is 12.0. The molecule has 0 aromatic carbocycles. The molecule has 2 aliphatic heterocycles. The van der Waals surface area contributed by atoms with E-state index in [1.165, 1.54) is 0 Å². The standard InChI is InChI=1S/C24H40N6O3/c1-17(2)26-30(18(3)4)22-25-21(33-27-22)20-10-12-28(13-11-20)16-19-8-14-29(15-9-19)23(31)32-24(5,6)7/h19-20H,3,8-16H2,1-2,4-7H3. The highest BCUT2D eigenvalue weighted by Gasteiger charge is 2.30. The van der Waals surface area contributed by atoms with E-state index in [0.29, 0.717) is 17.8 Å². The summed E-state index contributed by atoms with van der Waals surface area (Å²) in [5, 5.41) is 10.2. The molecule has 0 aliphatic carbocycles. The van der Waals surface area contributed by atoms with Gasteiger partial charge < -0.3 is 19.1 Å². The predicted molar refractivity (Wildman–Crippen MR) is 129 cm³/mol. The fourth-order valence-electron chi connectivity index (χ4n) is 4.33. The second kappa shape index (κ2) is 10.7. The lowest BCUT2D eigenvalue weighted by Gasteiger charge is -2.37.